The lowest BCUT2D eigenvalue weighted by molar-refractivity contribution is 0.216. The normalized spacial score (nSPS) is 13.9. The van der Waals surface area contributed by atoms with Crippen molar-refractivity contribution in [1.29, 1.82) is 0 Å². The van der Waals surface area contributed by atoms with Crippen molar-refractivity contribution in [3.63, 3.8) is 0 Å². The molecule has 0 saturated carbocycles. The molecule has 0 saturated heterocycles. The number of para-hydroxylation sites is 1. The van der Waals surface area contributed by atoms with Gasteiger partial charge in [-0.3, -0.25) is 9.58 Å². The first-order chi connectivity index (χ1) is 16.5. The van der Waals surface area contributed by atoms with Crippen molar-refractivity contribution >= 4 is 10.9 Å². The van der Waals surface area contributed by atoms with Gasteiger partial charge in [-0.1, -0.05) is 12.1 Å². The molecule has 0 spiro atoms. The molecule has 0 fully saturated rings. The topological polar surface area (TPSA) is 61.6 Å². The third-order valence-electron chi connectivity index (χ3n) is 6.43. The highest BCUT2D eigenvalue weighted by molar-refractivity contribution is 5.89. The molecule has 7 heteroatoms. The summed E-state index contributed by atoms with van der Waals surface area (Å²) in [6.07, 6.45) is 2.09. The predicted octanol–water partition coefficient (Wildman–Crippen LogP) is 4.66. The summed E-state index contributed by atoms with van der Waals surface area (Å²) in [6.45, 7) is 7.16. The predicted molar refractivity (Wildman–Crippen MR) is 133 cm³/mol. The number of methoxy groups -OCH3 is 2. The molecule has 0 bridgehead atoms. The lowest BCUT2D eigenvalue weighted by atomic mass is 10.0. The van der Waals surface area contributed by atoms with Crippen molar-refractivity contribution in [2.45, 2.75) is 26.9 Å². The molecule has 2 aromatic heterocycles. The van der Waals surface area contributed by atoms with E-state index in [1.54, 1.807) is 14.2 Å². The molecule has 34 heavy (non-hydrogen) atoms. The van der Waals surface area contributed by atoms with Gasteiger partial charge >= 0.3 is 0 Å². The van der Waals surface area contributed by atoms with Crippen LogP contribution in [0.3, 0.4) is 0 Å². The van der Waals surface area contributed by atoms with Gasteiger partial charge < -0.3 is 14.2 Å². The maximum atomic E-state index is 6.17. The first-order valence-electron chi connectivity index (χ1n) is 11.5. The van der Waals surface area contributed by atoms with E-state index in [-0.39, 0.29) is 0 Å². The Hall–Kier alpha value is -3.58. The Morgan fingerprint density at radius 3 is 2.62 bits per heavy atom. The second kappa shape index (κ2) is 8.99. The standard InChI is InChI=1S/C27H30N4O3/c1-17-11-23(28-26-22(17)7-6-8-24(26)32-4)19-12-20-15-31(16-21-14-30(3)29-18(21)2)9-10-34-27(20)25(13-19)33-5/h6-8,11-14H,9-10,15-16H2,1-5H3. The van der Waals surface area contributed by atoms with Crippen molar-refractivity contribution in [1.82, 2.24) is 19.7 Å². The zero-order valence-electron chi connectivity index (χ0n) is 20.4. The monoisotopic (exact) mass is 458 g/mol. The third-order valence-corrected chi connectivity index (χ3v) is 6.43. The summed E-state index contributed by atoms with van der Waals surface area (Å²) in [5.41, 5.74) is 7.27. The van der Waals surface area contributed by atoms with Crippen molar-refractivity contribution < 1.29 is 14.2 Å². The summed E-state index contributed by atoms with van der Waals surface area (Å²) in [7, 11) is 5.33. The van der Waals surface area contributed by atoms with Gasteiger partial charge in [0.2, 0.25) is 0 Å². The second-order valence-electron chi connectivity index (χ2n) is 8.82. The van der Waals surface area contributed by atoms with E-state index in [2.05, 4.69) is 48.2 Å². The molecule has 0 aliphatic carbocycles. The second-order valence-corrected chi connectivity index (χ2v) is 8.82. The van der Waals surface area contributed by atoms with Crippen molar-refractivity contribution in [3.8, 4) is 28.5 Å². The fourth-order valence-corrected chi connectivity index (χ4v) is 4.72. The fraction of sp³-hybridized carbons (Fsp3) is 0.333. The number of rotatable bonds is 5. The average Bonchev–Trinajstić information content (AvgIpc) is 3.02. The fourth-order valence-electron chi connectivity index (χ4n) is 4.72. The smallest absolute Gasteiger partial charge is 0.165 e. The van der Waals surface area contributed by atoms with E-state index >= 15 is 0 Å². The number of benzene rings is 2. The summed E-state index contributed by atoms with van der Waals surface area (Å²) in [5, 5.41) is 5.58. The first kappa shape index (κ1) is 22.2. The molecule has 4 aromatic rings. The molecule has 5 rings (SSSR count). The number of nitrogens with zero attached hydrogens (tertiary/aromatic N) is 4. The van der Waals surface area contributed by atoms with Crippen molar-refractivity contribution in [2.75, 3.05) is 27.4 Å². The van der Waals surface area contributed by atoms with Gasteiger partial charge in [0.15, 0.2) is 11.5 Å². The van der Waals surface area contributed by atoms with Crippen LogP contribution in [0.4, 0.5) is 0 Å². The van der Waals surface area contributed by atoms with Crippen LogP contribution in [0.2, 0.25) is 0 Å². The zero-order valence-corrected chi connectivity index (χ0v) is 20.4. The highest BCUT2D eigenvalue weighted by Gasteiger charge is 2.22. The van der Waals surface area contributed by atoms with Gasteiger partial charge in [-0.25, -0.2) is 4.98 Å². The Kier molecular flexibility index (Phi) is 5.87. The van der Waals surface area contributed by atoms with Crippen LogP contribution < -0.4 is 14.2 Å². The number of fused-ring (bicyclic) bond motifs is 2. The van der Waals surface area contributed by atoms with Crippen LogP contribution in [-0.2, 0) is 20.1 Å². The SMILES string of the molecule is COc1cc(-c2cc(C)c3cccc(OC)c3n2)cc2c1OCCN(Cc1cn(C)nc1C)C2. The molecule has 1 aliphatic rings. The zero-order chi connectivity index (χ0) is 23.8. The minimum atomic E-state index is 0.604. The minimum absolute atomic E-state index is 0.604. The molecule has 7 nitrogen and oxygen atoms in total. The lowest BCUT2D eigenvalue weighted by Gasteiger charge is -2.19. The molecule has 0 N–H and O–H groups in total. The Morgan fingerprint density at radius 1 is 1.06 bits per heavy atom. The average molecular weight is 459 g/mol. The molecule has 0 radical (unpaired) electrons. The Labute approximate surface area is 199 Å². The quantitative estimate of drug-likeness (QED) is 0.433. The molecule has 0 unspecified atom stereocenters. The van der Waals surface area contributed by atoms with Gasteiger partial charge in [0.25, 0.3) is 0 Å². The number of pyridine rings is 1. The summed E-state index contributed by atoms with van der Waals surface area (Å²) >= 11 is 0. The Morgan fingerprint density at radius 2 is 1.88 bits per heavy atom. The largest absolute Gasteiger partial charge is 0.494 e. The van der Waals surface area contributed by atoms with E-state index < -0.39 is 0 Å². The van der Waals surface area contributed by atoms with Crippen LogP contribution >= 0.6 is 0 Å². The van der Waals surface area contributed by atoms with Crippen LogP contribution in [-0.4, -0.2) is 47.0 Å². The van der Waals surface area contributed by atoms with Gasteiger partial charge in [0.05, 0.1) is 25.6 Å². The molecule has 1 aliphatic heterocycles. The number of aromatic nitrogens is 3. The Bertz CT molecular complexity index is 1360. The number of ether oxygens (including phenoxy) is 3. The summed E-state index contributed by atoms with van der Waals surface area (Å²) in [6, 6.07) is 12.3. The third kappa shape index (κ3) is 4.07. The molecule has 3 heterocycles. The van der Waals surface area contributed by atoms with Gasteiger partial charge in [-0.2, -0.15) is 5.10 Å². The molecule has 176 valence electrons. The van der Waals surface area contributed by atoms with Crippen LogP contribution in [0.25, 0.3) is 22.2 Å². The maximum Gasteiger partial charge on any atom is 0.165 e. The lowest BCUT2D eigenvalue weighted by Crippen LogP contribution is -2.25. The molecule has 0 amide bonds. The van der Waals surface area contributed by atoms with Gasteiger partial charge in [-0.15, -0.1) is 0 Å². The van der Waals surface area contributed by atoms with Gasteiger partial charge in [0.1, 0.15) is 17.9 Å². The molecule has 0 atom stereocenters. The minimum Gasteiger partial charge on any atom is -0.494 e. The van der Waals surface area contributed by atoms with Crippen molar-refractivity contribution in [3.05, 3.63) is 65.0 Å². The van der Waals surface area contributed by atoms with Crippen LogP contribution in [0.15, 0.2) is 42.6 Å². The Balaban J connectivity index is 1.56. The van der Waals surface area contributed by atoms with Crippen LogP contribution in [0.1, 0.15) is 22.4 Å². The highest BCUT2D eigenvalue weighted by Crippen LogP contribution is 2.39. The van der Waals surface area contributed by atoms with E-state index in [1.165, 1.54) is 5.56 Å². The van der Waals surface area contributed by atoms with E-state index in [9.17, 15) is 0 Å². The summed E-state index contributed by atoms with van der Waals surface area (Å²) < 4.78 is 19.4. The summed E-state index contributed by atoms with van der Waals surface area (Å²) in [5.74, 6) is 2.31. The highest BCUT2D eigenvalue weighted by atomic mass is 16.5. The van der Waals surface area contributed by atoms with Gasteiger partial charge in [-0.05, 0) is 43.7 Å². The van der Waals surface area contributed by atoms with E-state index in [4.69, 9.17) is 19.2 Å². The number of hydrogen-bond donors (Lipinski definition) is 0. The van der Waals surface area contributed by atoms with Crippen molar-refractivity contribution in [2.24, 2.45) is 7.05 Å². The molecule has 2 aromatic carbocycles. The number of hydrogen-bond acceptors (Lipinski definition) is 6. The molecular formula is C27H30N4O3. The van der Waals surface area contributed by atoms with Crippen LogP contribution in [0, 0.1) is 13.8 Å². The molecular weight excluding hydrogens is 428 g/mol. The number of aryl methyl sites for hydroxylation is 3. The summed E-state index contributed by atoms with van der Waals surface area (Å²) in [4.78, 5) is 7.37. The van der Waals surface area contributed by atoms with E-state index in [1.807, 2.05) is 29.9 Å². The first-order valence-corrected chi connectivity index (χ1v) is 11.5. The van der Waals surface area contributed by atoms with E-state index in [0.717, 1.165) is 75.9 Å². The van der Waals surface area contributed by atoms with Crippen LogP contribution in [0.5, 0.6) is 17.2 Å². The van der Waals surface area contributed by atoms with E-state index in [0.29, 0.717) is 6.61 Å². The maximum absolute atomic E-state index is 6.17. The van der Waals surface area contributed by atoms with Gasteiger partial charge in [0, 0.05) is 55.0 Å².